The lowest BCUT2D eigenvalue weighted by Gasteiger charge is -2.34. The predicted octanol–water partition coefficient (Wildman–Crippen LogP) is 1.31. The third-order valence-corrected chi connectivity index (χ3v) is 5.03. The number of ether oxygens (including phenoxy) is 1. The molecule has 1 aliphatic heterocycles. The van der Waals surface area contributed by atoms with Gasteiger partial charge in [-0.25, -0.2) is 4.98 Å². The van der Waals surface area contributed by atoms with Crippen molar-refractivity contribution in [1.29, 1.82) is 0 Å². The largest absolute Gasteiger partial charge is 0.494 e. The van der Waals surface area contributed by atoms with Gasteiger partial charge in [-0.05, 0) is 31.5 Å². The van der Waals surface area contributed by atoms with Crippen molar-refractivity contribution < 1.29 is 14.3 Å². The number of nitrogens with one attached hydrogen (secondary N) is 2. The van der Waals surface area contributed by atoms with Crippen molar-refractivity contribution in [2.75, 3.05) is 19.7 Å². The Morgan fingerprint density at radius 2 is 2.10 bits per heavy atom. The lowest BCUT2D eigenvalue weighted by atomic mass is 10.1. The lowest BCUT2D eigenvalue weighted by Crippen LogP contribution is -2.56. The van der Waals surface area contributed by atoms with Crippen LogP contribution in [0, 0.1) is 0 Å². The van der Waals surface area contributed by atoms with Gasteiger partial charge in [-0.1, -0.05) is 12.1 Å². The molecule has 1 atom stereocenters. The van der Waals surface area contributed by atoms with E-state index < -0.39 is 6.04 Å². The molecule has 156 valence electrons. The molecule has 1 saturated heterocycles. The highest BCUT2D eigenvalue weighted by Gasteiger charge is 2.31. The van der Waals surface area contributed by atoms with Gasteiger partial charge in [-0.3, -0.25) is 14.5 Å². The monoisotopic (exact) mass is 399 g/mol. The molecular weight excluding hydrogens is 370 g/mol. The fourth-order valence-corrected chi connectivity index (χ4v) is 3.49. The van der Waals surface area contributed by atoms with Crippen LogP contribution in [0.2, 0.25) is 0 Å². The van der Waals surface area contributed by atoms with E-state index in [1.54, 1.807) is 6.20 Å². The number of aryl methyl sites for hydroxylation is 1. The number of benzene rings is 1. The Labute approximate surface area is 171 Å². The third kappa shape index (κ3) is 5.57. The Balaban J connectivity index is 1.58. The zero-order valence-corrected chi connectivity index (χ0v) is 17.1. The van der Waals surface area contributed by atoms with Gasteiger partial charge in [-0.15, -0.1) is 0 Å². The topological polar surface area (TPSA) is 88.5 Å². The van der Waals surface area contributed by atoms with Gasteiger partial charge in [0, 0.05) is 38.6 Å². The Kier molecular flexibility index (Phi) is 7.24. The normalized spacial score (nSPS) is 17.0. The van der Waals surface area contributed by atoms with Crippen LogP contribution < -0.4 is 15.4 Å². The summed E-state index contributed by atoms with van der Waals surface area (Å²) in [6, 6.07) is 7.38. The first-order chi connectivity index (χ1) is 14.1. The zero-order valence-electron chi connectivity index (χ0n) is 17.1. The second kappa shape index (κ2) is 10.1. The molecule has 2 aromatic rings. The minimum absolute atomic E-state index is 0.104. The van der Waals surface area contributed by atoms with E-state index in [9.17, 15) is 9.59 Å². The Bertz CT molecular complexity index is 818. The summed E-state index contributed by atoms with van der Waals surface area (Å²) in [6.45, 7) is 7.65. The maximum atomic E-state index is 12.5. The third-order valence-electron chi connectivity index (χ3n) is 5.03. The highest BCUT2D eigenvalue weighted by atomic mass is 16.5. The van der Waals surface area contributed by atoms with Crippen LogP contribution >= 0.6 is 0 Å². The van der Waals surface area contributed by atoms with Gasteiger partial charge in [-0.2, -0.15) is 0 Å². The van der Waals surface area contributed by atoms with E-state index in [0.29, 0.717) is 32.8 Å². The molecule has 29 heavy (non-hydrogen) atoms. The number of carbonyl (C=O) groups excluding carboxylic acids is 2. The number of rotatable bonds is 9. The molecule has 0 unspecified atom stereocenters. The number of nitrogens with zero attached hydrogens (tertiary/aromatic N) is 3. The van der Waals surface area contributed by atoms with Crippen LogP contribution in [0.25, 0.3) is 0 Å². The molecule has 2 amide bonds. The summed E-state index contributed by atoms with van der Waals surface area (Å²) >= 11 is 0. The second-order valence-corrected chi connectivity index (χ2v) is 6.96. The van der Waals surface area contributed by atoms with E-state index in [1.807, 2.05) is 48.9 Å². The summed E-state index contributed by atoms with van der Waals surface area (Å²) in [5, 5.41) is 5.76. The summed E-state index contributed by atoms with van der Waals surface area (Å²) in [7, 11) is 0. The molecule has 0 saturated carbocycles. The molecule has 0 aliphatic carbocycles. The first-order valence-corrected chi connectivity index (χ1v) is 10.1. The molecule has 0 spiro atoms. The van der Waals surface area contributed by atoms with Crippen molar-refractivity contribution in [3.8, 4) is 5.75 Å². The van der Waals surface area contributed by atoms with Crippen molar-refractivity contribution in [1.82, 2.24) is 25.1 Å². The van der Waals surface area contributed by atoms with Crippen LogP contribution in [0.5, 0.6) is 5.75 Å². The van der Waals surface area contributed by atoms with Crippen molar-refractivity contribution >= 4 is 11.8 Å². The number of piperazine rings is 1. The molecule has 1 aliphatic rings. The Morgan fingerprint density at radius 1 is 1.31 bits per heavy atom. The first-order valence-electron chi connectivity index (χ1n) is 10.1. The Morgan fingerprint density at radius 3 is 2.83 bits per heavy atom. The molecule has 1 aromatic carbocycles. The molecule has 2 N–H and O–H groups in total. The fraction of sp³-hybridized carbons (Fsp3) is 0.476. The number of imidazole rings is 1. The summed E-state index contributed by atoms with van der Waals surface area (Å²) in [5.74, 6) is 1.37. The van der Waals surface area contributed by atoms with E-state index in [0.717, 1.165) is 23.7 Å². The van der Waals surface area contributed by atoms with Gasteiger partial charge in [0.25, 0.3) is 0 Å². The highest BCUT2D eigenvalue weighted by Crippen LogP contribution is 2.17. The lowest BCUT2D eigenvalue weighted by molar-refractivity contribution is -0.134. The van der Waals surface area contributed by atoms with E-state index in [-0.39, 0.29) is 18.2 Å². The van der Waals surface area contributed by atoms with Crippen LogP contribution in [0.1, 0.15) is 31.7 Å². The minimum atomic E-state index is -0.485. The SMILES string of the molecule is CCOc1ccc(CN2CCNC(=O)[C@H]2CC(=O)NCc2nccn2CC)cc1. The average molecular weight is 399 g/mol. The van der Waals surface area contributed by atoms with Gasteiger partial charge < -0.3 is 19.9 Å². The Hall–Kier alpha value is -2.87. The van der Waals surface area contributed by atoms with Crippen LogP contribution in [0.4, 0.5) is 0 Å². The number of hydrogen-bond donors (Lipinski definition) is 2. The zero-order chi connectivity index (χ0) is 20.6. The number of amides is 2. The summed E-state index contributed by atoms with van der Waals surface area (Å²) in [5.41, 5.74) is 1.08. The summed E-state index contributed by atoms with van der Waals surface area (Å²) < 4.78 is 7.46. The minimum Gasteiger partial charge on any atom is -0.494 e. The average Bonchev–Trinajstić information content (AvgIpc) is 3.18. The first kappa shape index (κ1) is 20.9. The van der Waals surface area contributed by atoms with Gasteiger partial charge >= 0.3 is 0 Å². The molecule has 0 bridgehead atoms. The summed E-state index contributed by atoms with van der Waals surface area (Å²) in [6.07, 6.45) is 3.72. The molecule has 8 nitrogen and oxygen atoms in total. The molecular formula is C21H29N5O3. The maximum absolute atomic E-state index is 12.5. The van der Waals surface area contributed by atoms with Crippen LogP contribution in [-0.2, 0) is 29.2 Å². The second-order valence-electron chi connectivity index (χ2n) is 6.96. The van der Waals surface area contributed by atoms with Crippen molar-refractivity contribution in [2.45, 2.75) is 45.9 Å². The van der Waals surface area contributed by atoms with Crippen LogP contribution in [0.3, 0.4) is 0 Å². The van der Waals surface area contributed by atoms with E-state index in [1.165, 1.54) is 0 Å². The number of aromatic nitrogens is 2. The van der Waals surface area contributed by atoms with Gasteiger partial charge in [0.15, 0.2) is 0 Å². The molecule has 0 radical (unpaired) electrons. The molecule has 2 heterocycles. The molecule has 1 fully saturated rings. The highest BCUT2D eigenvalue weighted by molar-refractivity contribution is 5.88. The van der Waals surface area contributed by atoms with Gasteiger partial charge in [0.1, 0.15) is 11.6 Å². The van der Waals surface area contributed by atoms with Gasteiger partial charge in [0.05, 0.1) is 25.6 Å². The van der Waals surface area contributed by atoms with Crippen molar-refractivity contribution in [3.05, 3.63) is 48.0 Å². The van der Waals surface area contributed by atoms with E-state index >= 15 is 0 Å². The summed E-state index contributed by atoms with van der Waals surface area (Å²) in [4.78, 5) is 31.2. The smallest absolute Gasteiger partial charge is 0.237 e. The van der Waals surface area contributed by atoms with Crippen molar-refractivity contribution in [2.24, 2.45) is 0 Å². The predicted molar refractivity (Wildman–Crippen MR) is 109 cm³/mol. The van der Waals surface area contributed by atoms with Crippen molar-refractivity contribution in [3.63, 3.8) is 0 Å². The number of hydrogen-bond acceptors (Lipinski definition) is 5. The number of carbonyl (C=O) groups is 2. The molecule has 1 aromatic heterocycles. The van der Waals surface area contributed by atoms with E-state index in [2.05, 4.69) is 20.5 Å². The fourth-order valence-electron chi connectivity index (χ4n) is 3.49. The maximum Gasteiger partial charge on any atom is 0.237 e. The van der Waals surface area contributed by atoms with Crippen LogP contribution in [0.15, 0.2) is 36.7 Å². The molecule has 8 heteroatoms. The van der Waals surface area contributed by atoms with Crippen LogP contribution in [-0.4, -0.2) is 52.0 Å². The molecule has 3 rings (SSSR count). The quantitative estimate of drug-likeness (QED) is 0.664. The van der Waals surface area contributed by atoms with Gasteiger partial charge in [0.2, 0.25) is 11.8 Å². The standard InChI is InChI=1S/C21H29N5O3/c1-3-25-11-9-22-19(25)14-24-20(27)13-18-21(28)23-10-12-26(18)15-16-5-7-17(8-6-16)29-4-2/h5-9,11,18H,3-4,10,12-15H2,1-2H3,(H,23,28)(H,24,27)/t18-/m1/s1. The van der Waals surface area contributed by atoms with E-state index in [4.69, 9.17) is 4.74 Å².